The van der Waals surface area contributed by atoms with Gasteiger partial charge in [0.1, 0.15) is 0 Å². The van der Waals surface area contributed by atoms with Gasteiger partial charge in [0, 0.05) is 0 Å². The Balaban J connectivity index is 0.000000151. The molecule has 0 heteroatoms. The zero-order chi connectivity index (χ0) is 11.1. The highest BCUT2D eigenvalue weighted by Gasteiger charge is 2.05. The molecule has 0 aromatic carbocycles. The fraction of sp³-hybridized carbons (Fsp3) is 0.733. The van der Waals surface area contributed by atoms with Gasteiger partial charge in [0.25, 0.3) is 0 Å². The number of hydrogen-bond donors (Lipinski definition) is 0. The van der Waals surface area contributed by atoms with E-state index in [1.165, 1.54) is 44.9 Å². The Hall–Kier alpha value is -0.520. The van der Waals surface area contributed by atoms with Crippen LogP contribution in [0, 0.1) is 5.92 Å². The summed E-state index contributed by atoms with van der Waals surface area (Å²) in [5, 5.41) is 0. The van der Waals surface area contributed by atoms with Gasteiger partial charge in [-0.05, 0) is 64.7 Å². The molecule has 2 aliphatic carbocycles. The molecule has 0 aromatic rings. The van der Waals surface area contributed by atoms with Crippen LogP contribution in [-0.2, 0) is 0 Å². The summed E-state index contributed by atoms with van der Waals surface area (Å²) in [6, 6.07) is 0. The molecule has 0 aliphatic heterocycles. The standard InChI is InChI=1S/C8H14.C7H12/c1-7-3-5-8(2)6-4-7;1-7-5-3-2-4-6-7/h3,8H,4-6H2,1-2H3;5H,2-4,6H2,1H3. The van der Waals surface area contributed by atoms with E-state index < -0.39 is 0 Å². The van der Waals surface area contributed by atoms with E-state index >= 15 is 0 Å². The first-order chi connectivity index (χ1) is 7.18. The van der Waals surface area contributed by atoms with Crippen molar-refractivity contribution >= 4 is 0 Å². The van der Waals surface area contributed by atoms with Crippen molar-refractivity contribution in [3.8, 4) is 0 Å². The van der Waals surface area contributed by atoms with Crippen LogP contribution in [0.2, 0.25) is 0 Å². The van der Waals surface area contributed by atoms with Crippen LogP contribution in [0.15, 0.2) is 23.3 Å². The lowest BCUT2D eigenvalue weighted by atomic mass is 9.92. The Labute approximate surface area is 95.5 Å². The second-order valence-corrected chi connectivity index (χ2v) is 5.23. The predicted molar refractivity (Wildman–Crippen MR) is 69.0 cm³/mol. The van der Waals surface area contributed by atoms with Crippen LogP contribution in [0.25, 0.3) is 0 Å². The maximum atomic E-state index is 2.37. The quantitative estimate of drug-likeness (QED) is 0.474. The summed E-state index contributed by atoms with van der Waals surface area (Å²) in [5.41, 5.74) is 3.18. The molecule has 1 unspecified atom stereocenters. The highest BCUT2D eigenvalue weighted by molar-refractivity contribution is 5.02. The lowest BCUT2D eigenvalue weighted by molar-refractivity contribution is 0.514. The minimum atomic E-state index is 0.943. The fourth-order valence-corrected chi connectivity index (χ4v) is 2.10. The molecule has 0 saturated heterocycles. The molecule has 1 atom stereocenters. The lowest BCUT2D eigenvalue weighted by Gasteiger charge is -2.14. The van der Waals surface area contributed by atoms with Gasteiger partial charge in [-0.15, -0.1) is 0 Å². The maximum Gasteiger partial charge on any atom is -0.0320 e. The zero-order valence-electron chi connectivity index (χ0n) is 10.7. The van der Waals surface area contributed by atoms with Crippen molar-refractivity contribution in [2.75, 3.05) is 0 Å². The van der Waals surface area contributed by atoms with Gasteiger partial charge < -0.3 is 0 Å². The second-order valence-electron chi connectivity index (χ2n) is 5.23. The Bertz CT molecular complexity index is 232. The molecule has 0 aromatic heterocycles. The van der Waals surface area contributed by atoms with Gasteiger partial charge in [0.2, 0.25) is 0 Å². The van der Waals surface area contributed by atoms with E-state index in [0.717, 1.165) is 5.92 Å². The molecular formula is C15H26. The molecular weight excluding hydrogens is 180 g/mol. The van der Waals surface area contributed by atoms with Crippen LogP contribution < -0.4 is 0 Å². The summed E-state index contributed by atoms with van der Waals surface area (Å²) in [5.74, 6) is 0.943. The van der Waals surface area contributed by atoms with Gasteiger partial charge in [-0.2, -0.15) is 0 Å². The van der Waals surface area contributed by atoms with Gasteiger partial charge in [-0.3, -0.25) is 0 Å². The Morgan fingerprint density at radius 3 is 2.07 bits per heavy atom. The third kappa shape index (κ3) is 5.81. The van der Waals surface area contributed by atoms with Crippen molar-refractivity contribution in [2.24, 2.45) is 5.92 Å². The first-order valence-electron chi connectivity index (χ1n) is 6.49. The third-order valence-electron chi connectivity index (χ3n) is 3.42. The molecule has 15 heavy (non-hydrogen) atoms. The van der Waals surface area contributed by atoms with Gasteiger partial charge in [0.15, 0.2) is 0 Å². The van der Waals surface area contributed by atoms with E-state index in [1.807, 2.05) is 0 Å². The highest BCUT2D eigenvalue weighted by Crippen LogP contribution is 2.21. The Kier molecular flexibility index (Phi) is 5.75. The van der Waals surface area contributed by atoms with Crippen molar-refractivity contribution < 1.29 is 0 Å². The minimum Gasteiger partial charge on any atom is -0.0856 e. The van der Waals surface area contributed by atoms with Gasteiger partial charge >= 0.3 is 0 Å². The first-order valence-corrected chi connectivity index (χ1v) is 6.49. The molecule has 0 radical (unpaired) electrons. The normalized spacial score (nSPS) is 25.9. The van der Waals surface area contributed by atoms with Gasteiger partial charge in [-0.25, -0.2) is 0 Å². The van der Waals surface area contributed by atoms with Crippen molar-refractivity contribution in [2.45, 2.75) is 65.7 Å². The SMILES string of the molecule is CC1=CCC(C)CC1.CC1=CCCCC1. The van der Waals surface area contributed by atoms with Gasteiger partial charge in [-0.1, -0.05) is 30.2 Å². The van der Waals surface area contributed by atoms with E-state index in [9.17, 15) is 0 Å². The number of rotatable bonds is 0. The largest absolute Gasteiger partial charge is 0.0856 e. The minimum absolute atomic E-state index is 0.943. The van der Waals surface area contributed by atoms with E-state index in [2.05, 4.69) is 32.9 Å². The third-order valence-corrected chi connectivity index (χ3v) is 3.42. The lowest BCUT2D eigenvalue weighted by Crippen LogP contribution is -1.98. The summed E-state index contributed by atoms with van der Waals surface area (Å²) in [6.45, 7) is 6.77. The molecule has 2 rings (SSSR count). The Morgan fingerprint density at radius 1 is 1.00 bits per heavy atom. The molecule has 0 nitrogen and oxygen atoms in total. The van der Waals surface area contributed by atoms with E-state index in [-0.39, 0.29) is 0 Å². The molecule has 0 amide bonds. The summed E-state index contributed by atoms with van der Waals surface area (Å²) in [7, 11) is 0. The number of allylic oxidation sites excluding steroid dienone is 4. The first kappa shape index (κ1) is 12.5. The molecule has 0 fully saturated rings. The summed E-state index contributed by atoms with van der Waals surface area (Å²) in [6.07, 6.45) is 14.3. The average Bonchev–Trinajstić information content (AvgIpc) is 2.25. The van der Waals surface area contributed by atoms with Crippen molar-refractivity contribution in [1.29, 1.82) is 0 Å². The van der Waals surface area contributed by atoms with Crippen LogP contribution in [0.4, 0.5) is 0 Å². The predicted octanol–water partition coefficient (Wildman–Crippen LogP) is 5.26. The fourth-order valence-electron chi connectivity index (χ4n) is 2.10. The van der Waals surface area contributed by atoms with Crippen LogP contribution in [0.5, 0.6) is 0 Å². The van der Waals surface area contributed by atoms with E-state index in [0.29, 0.717) is 0 Å². The van der Waals surface area contributed by atoms with Gasteiger partial charge in [0.05, 0.1) is 0 Å². The molecule has 2 aliphatic rings. The Morgan fingerprint density at radius 2 is 1.73 bits per heavy atom. The molecule has 86 valence electrons. The van der Waals surface area contributed by atoms with Crippen LogP contribution >= 0.6 is 0 Å². The maximum absolute atomic E-state index is 2.37. The van der Waals surface area contributed by atoms with E-state index in [1.54, 1.807) is 11.1 Å². The zero-order valence-corrected chi connectivity index (χ0v) is 10.7. The topological polar surface area (TPSA) is 0 Å². The average molecular weight is 206 g/mol. The highest BCUT2D eigenvalue weighted by atomic mass is 14.1. The van der Waals surface area contributed by atoms with Crippen LogP contribution in [-0.4, -0.2) is 0 Å². The van der Waals surface area contributed by atoms with Crippen LogP contribution in [0.3, 0.4) is 0 Å². The van der Waals surface area contributed by atoms with Crippen molar-refractivity contribution in [1.82, 2.24) is 0 Å². The second kappa shape index (κ2) is 6.87. The van der Waals surface area contributed by atoms with Crippen molar-refractivity contribution in [3.05, 3.63) is 23.3 Å². The number of hydrogen-bond acceptors (Lipinski definition) is 0. The van der Waals surface area contributed by atoms with E-state index in [4.69, 9.17) is 0 Å². The summed E-state index contributed by atoms with van der Waals surface area (Å²) in [4.78, 5) is 0. The molecule has 0 saturated carbocycles. The molecule has 0 heterocycles. The molecule has 0 bridgehead atoms. The molecule has 0 N–H and O–H groups in total. The van der Waals surface area contributed by atoms with Crippen LogP contribution in [0.1, 0.15) is 65.7 Å². The van der Waals surface area contributed by atoms with Crippen molar-refractivity contribution in [3.63, 3.8) is 0 Å². The monoisotopic (exact) mass is 206 g/mol. The smallest absolute Gasteiger partial charge is 0.0320 e. The summed E-state index contributed by atoms with van der Waals surface area (Å²) >= 11 is 0. The summed E-state index contributed by atoms with van der Waals surface area (Å²) < 4.78 is 0. The molecule has 0 spiro atoms.